The summed E-state index contributed by atoms with van der Waals surface area (Å²) in [6.45, 7) is 0.680. The smallest absolute Gasteiger partial charge is 0.233 e. The van der Waals surface area contributed by atoms with Crippen molar-refractivity contribution < 1.29 is 14.3 Å². The number of aromatic amines is 1. The Labute approximate surface area is 169 Å². The third-order valence-corrected chi connectivity index (χ3v) is 5.89. The average molecular weight is 397 g/mol. The SMILES string of the molecule is COc1cccc([C@@H]2c3[nH]c4ccccc4c3CCN2C(=O)CSC)c1OC. The van der Waals surface area contributed by atoms with Crippen molar-refractivity contribution in [2.45, 2.75) is 12.5 Å². The second-order valence-electron chi connectivity index (χ2n) is 6.82. The van der Waals surface area contributed by atoms with Gasteiger partial charge in [-0.05, 0) is 30.4 Å². The predicted octanol–water partition coefficient (Wildman–Crippen LogP) is 4.02. The Bertz CT molecular complexity index is 1010. The normalized spacial score (nSPS) is 16.1. The lowest BCUT2D eigenvalue weighted by Gasteiger charge is -2.37. The van der Waals surface area contributed by atoms with Gasteiger partial charge in [-0.25, -0.2) is 0 Å². The van der Waals surface area contributed by atoms with E-state index in [2.05, 4.69) is 23.2 Å². The van der Waals surface area contributed by atoms with Crippen LogP contribution in [0.1, 0.15) is 22.9 Å². The maximum Gasteiger partial charge on any atom is 0.233 e. The molecule has 4 rings (SSSR count). The summed E-state index contributed by atoms with van der Waals surface area (Å²) in [5.74, 6) is 1.92. The van der Waals surface area contributed by atoms with Gasteiger partial charge < -0.3 is 19.4 Å². The highest BCUT2D eigenvalue weighted by Gasteiger charge is 2.36. The van der Waals surface area contributed by atoms with Crippen LogP contribution in [0.4, 0.5) is 0 Å². The second-order valence-corrected chi connectivity index (χ2v) is 7.68. The fourth-order valence-corrected chi connectivity index (χ4v) is 4.58. The van der Waals surface area contributed by atoms with Gasteiger partial charge in [0.1, 0.15) is 6.04 Å². The maximum atomic E-state index is 13.0. The van der Waals surface area contributed by atoms with E-state index in [0.717, 1.165) is 23.2 Å². The number of benzene rings is 2. The summed E-state index contributed by atoms with van der Waals surface area (Å²) >= 11 is 1.55. The summed E-state index contributed by atoms with van der Waals surface area (Å²) in [6, 6.07) is 13.9. The van der Waals surface area contributed by atoms with Crippen molar-refractivity contribution in [1.82, 2.24) is 9.88 Å². The first kappa shape index (κ1) is 18.7. The Morgan fingerprint density at radius 3 is 2.75 bits per heavy atom. The van der Waals surface area contributed by atoms with E-state index in [-0.39, 0.29) is 11.9 Å². The van der Waals surface area contributed by atoms with Crippen LogP contribution in [0.3, 0.4) is 0 Å². The first-order chi connectivity index (χ1) is 13.7. The Morgan fingerprint density at radius 2 is 2.00 bits per heavy atom. The van der Waals surface area contributed by atoms with E-state index in [4.69, 9.17) is 9.47 Å². The fraction of sp³-hybridized carbons (Fsp3) is 0.318. The van der Waals surface area contributed by atoms with Crippen molar-refractivity contribution in [2.24, 2.45) is 0 Å². The number of carbonyl (C=O) groups is 1. The van der Waals surface area contributed by atoms with Crippen LogP contribution in [0.2, 0.25) is 0 Å². The summed E-state index contributed by atoms with van der Waals surface area (Å²) in [5.41, 5.74) is 4.37. The number of nitrogens with one attached hydrogen (secondary N) is 1. The first-order valence-corrected chi connectivity index (χ1v) is 10.7. The zero-order valence-electron chi connectivity index (χ0n) is 16.3. The topological polar surface area (TPSA) is 54.6 Å². The van der Waals surface area contributed by atoms with Crippen LogP contribution in [-0.4, -0.2) is 48.6 Å². The summed E-state index contributed by atoms with van der Waals surface area (Å²) in [4.78, 5) is 18.5. The molecular formula is C22H24N2O3S. The summed E-state index contributed by atoms with van der Waals surface area (Å²) in [5, 5.41) is 1.22. The average Bonchev–Trinajstić information content (AvgIpc) is 3.11. The summed E-state index contributed by atoms with van der Waals surface area (Å²) in [6.07, 6.45) is 2.79. The van der Waals surface area contributed by atoms with E-state index < -0.39 is 0 Å². The van der Waals surface area contributed by atoms with Gasteiger partial charge in [0, 0.05) is 28.7 Å². The summed E-state index contributed by atoms with van der Waals surface area (Å²) < 4.78 is 11.2. The Balaban J connectivity index is 1.94. The maximum absolute atomic E-state index is 13.0. The van der Waals surface area contributed by atoms with Gasteiger partial charge >= 0.3 is 0 Å². The van der Waals surface area contributed by atoms with Gasteiger partial charge in [0.2, 0.25) is 5.91 Å². The largest absolute Gasteiger partial charge is 0.493 e. The second kappa shape index (κ2) is 7.80. The number of aromatic nitrogens is 1. The number of hydrogen-bond donors (Lipinski definition) is 1. The van der Waals surface area contributed by atoms with Gasteiger partial charge in [-0.1, -0.05) is 30.3 Å². The fourth-order valence-electron chi connectivity index (χ4n) is 4.17. The van der Waals surface area contributed by atoms with E-state index >= 15 is 0 Å². The van der Waals surface area contributed by atoms with Crippen molar-refractivity contribution in [3.63, 3.8) is 0 Å². The predicted molar refractivity (Wildman–Crippen MR) is 113 cm³/mol. The molecule has 0 spiro atoms. The summed E-state index contributed by atoms with van der Waals surface area (Å²) in [7, 11) is 3.28. The van der Waals surface area contributed by atoms with Crippen LogP contribution in [0.25, 0.3) is 10.9 Å². The van der Waals surface area contributed by atoms with Crippen molar-refractivity contribution in [3.8, 4) is 11.5 Å². The molecule has 0 saturated heterocycles. The van der Waals surface area contributed by atoms with Gasteiger partial charge in [0.05, 0.1) is 20.0 Å². The minimum absolute atomic E-state index is 0.131. The molecule has 3 aromatic rings. The minimum Gasteiger partial charge on any atom is -0.493 e. The third kappa shape index (κ3) is 3.02. The lowest BCUT2D eigenvalue weighted by atomic mass is 9.91. The van der Waals surface area contributed by atoms with Crippen LogP contribution in [0, 0.1) is 0 Å². The zero-order valence-corrected chi connectivity index (χ0v) is 17.1. The lowest BCUT2D eigenvalue weighted by molar-refractivity contribution is -0.130. The molecule has 0 unspecified atom stereocenters. The Hall–Kier alpha value is -2.60. The molecule has 1 aliphatic heterocycles. The molecule has 1 atom stereocenters. The monoisotopic (exact) mass is 396 g/mol. The number of nitrogens with zero attached hydrogens (tertiary/aromatic N) is 1. The number of methoxy groups -OCH3 is 2. The van der Waals surface area contributed by atoms with Gasteiger partial charge in [0.15, 0.2) is 11.5 Å². The number of H-pyrrole nitrogens is 1. The first-order valence-electron chi connectivity index (χ1n) is 9.28. The van der Waals surface area contributed by atoms with Gasteiger partial charge in [-0.15, -0.1) is 0 Å². The third-order valence-electron chi connectivity index (χ3n) is 5.35. The highest BCUT2D eigenvalue weighted by Crippen LogP contribution is 2.44. The number of hydrogen-bond acceptors (Lipinski definition) is 4. The molecule has 1 N–H and O–H groups in total. The van der Waals surface area contributed by atoms with Crippen LogP contribution >= 0.6 is 11.8 Å². The number of fused-ring (bicyclic) bond motifs is 3. The van der Waals surface area contributed by atoms with Crippen LogP contribution in [-0.2, 0) is 11.2 Å². The molecule has 0 radical (unpaired) electrons. The molecule has 0 bridgehead atoms. The molecule has 6 heteroatoms. The van der Waals surface area contributed by atoms with Crippen LogP contribution in [0.15, 0.2) is 42.5 Å². The molecular weight excluding hydrogens is 372 g/mol. The number of ether oxygens (including phenoxy) is 2. The molecule has 1 aromatic heterocycles. The minimum atomic E-state index is -0.235. The number of para-hydroxylation sites is 2. The molecule has 28 heavy (non-hydrogen) atoms. The number of thioether (sulfide) groups is 1. The lowest BCUT2D eigenvalue weighted by Crippen LogP contribution is -2.41. The van der Waals surface area contributed by atoms with E-state index in [0.29, 0.717) is 23.8 Å². The Kier molecular flexibility index (Phi) is 5.22. The number of rotatable bonds is 5. The molecule has 5 nitrogen and oxygen atoms in total. The number of carbonyl (C=O) groups excluding carboxylic acids is 1. The van der Waals surface area contributed by atoms with E-state index in [1.165, 1.54) is 10.9 Å². The molecule has 2 heterocycles. The molecule has 1 aliphatic rings. The van der Waals surface area contributed by atoms with Crippen molar-refractivity contribution in [2.75, 3.05) is 32.8 Å². The van der Waals surface area contributed by atoms with Crippen LogP contribution in [0.5, 0.6) is 11.5 Å². The molecule has 1 amide bonds. The highest BCUT2D eigenvalue weighted by atomic mass is 32.2. The standard InChI is InChI=1S/C22H24N2O3S/c1-26-18-10-6-8-16(22(18)27-2)21-20-15(11-12-24(21)19(25)13-28-3)14-7-4-5-9-17(14)23-20/h4-10,21,23H,11-13H2,1-3H3/t21-/m1/s1. The number of amides is 1. The highest BCUT2D eigenvalue weighted by molar-refractivity contribution is 7.99. The quantitative estimate of drug-likeness (QED) is 0.708. The molecule has 2 aromatic carbocycles. The van der Waals surface area contributed by atoms with Crippen LogP contribution < -0.4 is 9.47 Å². The molecule has 0 fully saturated rings. The van der Waals surface area contributed by atoms with Crippen molar-refractivity contribution in [1.29, 1.82) is 0 Å². The van der Waals surface area contributed by atoms with E-state index in [1.54, 1.807) is 26.0 Å². The molecule has 0 aliphatic carbocycles. The van der Waals surface area contributed by atoms with Gasteiger partial charge in [-0.3, -0.25) is 4.79 Å². The van der Waals surface area contributed by atoms with Crippen molar-refractivity contribution >= 4 is 28.6 Å². The van der Waals surface area contributed by atoms with Gasteiger partial charge in [-0.2, -0.15) is 11.8 Å². The molecule has 146 valence electrons. The Morgan fingerprint density at radius 1 is 1.18 bits per heavy atom. The molecule has 0 saturated carbocycles. The van der Waals surface area contributed by atoms with E-state index in [1.807, 2.05) is 35.4 Å². The van der Waals surface area contributed by atoms with E-state index in [9.17, 15) is 4.79 Å². The van der Waals surface area contributed by atoms with Gasteiger partial charge in [0.25, 0.3) is 0 Å². The zero-order chi connectivity index (χ0) is 19.7. The van der Waals surface area contributed by atoms with Crippen molar-refractivity contribution in [3.05, 3.63) is 59.3 Å².